The largest absolute Gasteiger partial charge is 0.301 e. The van der Waals surface area contributed by atoms with Gasteiger partial charge in [0, 0.05) is 5.54 Å². The average molecular weight is 169 g/mol. The lowest BCUT2D eigenvalue weighted by molar-refractivity contribution is 0.0787. The topological polar surface area (TPSA) is 3.24 Å². The van der Waals surface area contributed by atoms with Gasteiger partial charge in [0.25, 0.3) is 0 Å². The number of nitrogens with zero attached hydrogens (tertiary/aromatic N) is 1. The number of rotatable bonds is 0. The maximum Gasteiger partial charge on any atom is 0.0175 e. The van der Waals surface area contributed by atoms with Crippen molar-refractivity contribution < 1.29 is 0 Å². The molecule has 72 valence electrons. The molecule has 0 bridgehead atoms. The first-order valence-electron chi connectivity index (χ1n) is 5.26. The average Bonchev–Trinajstić information content (AvgIpc) is 2.01. The number of hydrogen-bond acceptors (Lipinski definition) is 1. The third kappa shape index (κ3) is 2.01. The van der Waals surface area contributed by atoms with Gasteiger partial charge in [-0.2, -0.15) is 0 Å². The monoisotopic (exact) mass is 169 g/mol. The van der Waals surface area contributed by atoms with Gasteiger partial charge in [0.2, 0.25) is 0 Å². The molecule has 1 rings (SSSR count). The van der Waals surface area contributed by atoms with Crippen LogP contribution in [0.5, 0.6) is 0 Å². The van der Waals surface area contributed by atoms with Crippen LogP contribution in [0.15, 0.2) is 0 Å². The summed E-state index contributed by atoms with van der Waals surface area (Å²) in [7, 11) is 2.27. The molecule has 1 aliphatic rings. The lowest BCUT2D eigenvalue weighted by Gasteiger charge is -2.42. The molecule has 0 amide bonds. The van der Waals surface area contributed by atoms with Gasteiger partial charge in [0.1, 0.15) is 0 Å². The van der Waals surface area contributed by atoms with Crippen LogP contribution in [0.25, 0.3) is 0 Å². The molecule has 1 aliphatic heterocycles. The normalized spacial score (nSPS) is 32.5. The van der Waals surface area contributed by atoms with Crippen molar-refractivity contribution in [1.29, 1.82) is 0 Å². The van der Waals surface area contributed by atoms with Crippen molar-refractivity contribution >= 4 is 0 Å². The van der Waals surface area contributed by atoms with E-state index in [4.69, 9.17) is 0 Å². The van der Waals surface area contributed by atoms with E-state index in [9.17, 15) is 0 Å². The standard InChI is InChI=1S/C11H23N/c1-10-8-6-5-7-9-12(4)11(10,2)3/h10H,5-9H2,1-4H3. The van der Waals surface area contributed by atoms with E-state index >= 15 is 0 Å². The van der Waals surface area contributed by atoms with Gasteiger partial charge in [0.05, 0.1) is 0 Å². The zero-order valence-corrected chi connectivity index (χ0v) is 9.06. The Balaban J connectivity index is 2.62. The molecule has 12 heavy (non-hydrogen) atoms. The van der Waals surface area contributed by atoms with E-state index in [1.165, 1.54) is 32.2 Å². The molecule has 1 unspecified atom stereocenters. The summed E-state index contributed by atoms with van der Waals surface area (Å²) in [5, 5.41) is 0. The predicted octanol–water partition coefficient (Wildman–Crippen LogP) is 2.91. The molecule has 0 saturated carbocycles. The van der Waals surface area contributed by atoms with E-state index in [0.29, 0.717) is 5.54 Å². The lowest BCUT2D eigenvalue weighted by atomic mass is 9.82. The smallest absolute Gasteiger partial charge is 0.0175 e. The van der Waals surface area contributed by atoms with Crippen molar-refractivity contribution in [3.63, 3.8) is 0 Å². The number of likely N-dealkylation sites (tertiary alicyclic amines) is 1. The van der Waals surface area contributed by atoms with Gasteiger partial charge >= 0.3 is 0 Å². The first-order chi connectivity index (χ1) is 5.55. The van der Waals surface area contributed by atoms with Crippen LogP contribution >= 0.6 is 0 Å². The Morgan fingerprint density at radius 1 is 1.17 bits per heavy atom. The second kappa shape index (κ2) is 3.78. The summed E-state index contributed by atoms with van der Waals surface area (Å²) in [4.78, 5) is 2.52. The van der Waals surface area contributed by atoms with Crippen LogP contribution in [0.4, 0.5) is 0 Å². The summed E-state index contributed by atoms with van der Waals surface area (Å²) < 4.78 is 0. The molecule has 1 saturated heterocycles. The fraction of sp³-hybridized carbons (Fsp3) is 1.00. The van der Waals surface area contributed by atoms with Crippen molar-refractivity contribution in [3.8, 4) is 0 Å². The highest BCUT2D eigenvalue weighted by atomic mass is 15.2. The molecular weight excluding hydrogens is 146 g/mol. The fourth-order valence-corrected chi connectivity index (χ4v) is 1.99. The zero-order valence-electron chi connectivity index (χ0n) is 9.06. The minimum atomic E-state index is 0.403. The van der Waals surface area contributed by atoms with Gasteiger partial charge in [-0.3, -0.25) is 0 Å². The van der Waals surface area contributed by atoms with Gasteiger partial charge in [0.15, 0.2) is 0 Å². The summed E-state index contributed by atoms with van der Waals surface area (Å²) in [5.74, 6) is 0.836. The molecule has 1 heteroatoms. The molecule has 0 aromatic heterocycles. The highest BCUT2D eigenvalue weighted by molar-refractivity contribution is 4.85. The SMILES string of the molecule is CC1CCCCCN(C)C1(C)C. The minimum absolute atomic E-state index is 0.403. The molecule has 1 atom stereocenters. The van der Waals surface area contributed by atoms with Crippen LogP contribution < -0.4 is 0 Å². The molecule has 0 aromatic carbocycles. The Labute approximate surface area is 77.1 Å². The van der Waals surface area contributed by atoms with Gasteiger partial charge in [-0.1, -0.05) is 19.8 Å². The first-order valence-corrected chi connectivity index (χ1v) is 5.26. The summed E-state index contributed by atoms with van der Waals surface area (Å²) in [6.45, 7) is 8.42. The lowest BCUT2D eigenvalue weighted by Crippen LogP contribution is -2.47. The van der Waals surface area contributed by atoms with E-state index < -0.39 is 0 Å². The van der Waals surface area contributed by atoms with Crippen molar-refractivity contribution in [2.45, 2.75) is 52.0 Å². The van der Waals surface area contributed by atoms with Crippen molar-refractivity contribution in [2.75, 3.05) is 13.6 Å². The van der Waals surface area contributed by atoms with Crippen molar-refractivity contribution in [3.05, 3.63) is 0 Å². The second-order valence-corrected chi connectivity index (χ2v) is 4.83. The molecular formula is C11H23N. The Morgan fingerprint density at radius 2 is 1.83 bits per heavy atom. The Bertz CT molecular complexity index is 126. The zero-order chi connectivity index (χ0) is 9.19. The van der Waals surface area contributed by atoms with Crippen LogP contribution in [-0.4, -0.2) is 24.0 Å². The Hall–Kier alpha value is -0.0400. The molecule has 0 radical (unpaired) electrons. The fourth-order valence-electron chi connectivity index (χ4n) is 1.99. The third-order valence-corrected chi connectivity index (χ3v) is 3.82. The van der Waals surface area contributed by atoms with Crippen LogP contribution in [0.2, 0.25) is 0 Å². The minimum Gasteiger partial charge on any atom is -0.301 e. The van der Waals surface area contributed by atoms with Crippen LogP contribution in [0, 0.1) is 5.92 Å². The molecule has 1 heterocycles. The van der Waals surface area contributed by atoms with Gasteiger partial charge in [-0.25, -0.2) is 0 Å². The number of hydrogen-bond donors (Lipinski definition) is 0. The van der Waals surface area contributed by atoms with E-state index in [1.807, 2.05) is 0 Å². The molecule has 0 aromatic rings. The highest BCUT2D eigenvalue weighted by Gasteiger charge is 2.30. The summed E-state index contributed by atoms with van der Waals surface area (Å²) in [6, 6.07) is 0. The van der Waals surface area contributed by atoms with E-state index in [1.54, 1.807) is 0 Å². The van der Waals surface area contributed by atoms with Gasteiger partial charge in [-0.05, 0) is 46.2 Å². The van der Waals surface area contributed by atoms with Gasteiger partial charge < -0.3 is 4.90 Å². The quantitative estimate of drug-likeness (QED) is 0.539. The first kappa shape index (κ1) is 10.0. The summed E-state index contributed by atoms with van der Waals surface area (Å²) >= 11 is 0. The highest BCUT2D eigenvalue weighted by Crippen LogP contribution is 2.29. The summed E-state index contributed by atoms with van der Waals surface area (Å²) in [6.07, 6.45) is 5.63. The molecule has 0 N–H and O–H groups in total. The van der Waals surface area contributed by atoms with E-state index in [-0.39, 0.29) is 0 Å². The van der Waals surface area contributed by atoms with Crippen LogP contribution in [-0.2, 0) is 0 Å². The Morgan fingerprint density at radius 3 is 2.50 bits per heavy atom. The maximum atomic E-state index is 2.52. The van der Waals surface area contributed by atoms with E-state index in [2.05, 4.69) is 32.7 Å². The van der Waals surface area contributed by atoms with Crippen LogP contribution in [0.3, 0.4) is 0 Å². The van der Waals surface area contributed by atoms with E-state index in [0.717, 1.165) is 5.92 Å². The van der Waals surface area contributed by atoms with Crippen molar-refractivity contribution in [2.24, 2.45) is 5.92 Å². The molecule has 0 aliphatic carbocycles. The molecule has 1 nitrogen and oxygen atoms in total. The summed E-state index contributed by atoms with van der Waals surface area (Å²) in [5.41, 5.74) is 0.403. The van der Waals surface area contributed by atoms with Crippen LogP contribution in [0.1, 0.15) is 46.5 Å². The second-order valence-electron chi connectivity index (χ2n) is 4.83. The molecule has 0 spiro atoms. The third-order valence-electron chi connectivity index (χ3n) is 3.82. The van der Waals surface area contributed by atoms with Gasteiger partial charge in [-0.15, -0.1) is 0 Å². The predicted molar refractivity (Wildman–Crippen MR) is 54.3 cm³/mol. The molecule has 1 fully saturated rings. The maximum absolute atomic E-state index is 2.52. The van der Waals surface area contributed by atoms with Crippen molar-refractivity contribution in [1.82, 2.24) is 4.90 Å². The Kier molecular flexibility index (Phi) is 3.16.